The van der Waals surface area contributed by atoms with Crippen LogP contribution >= 0.6 is 12.2 Å². The summed E-state index contributed by atoms with van der Waals surface area (Å²) in [7, 11) is 1.53. The molecule has 0 atom stereocenters. The molecule has 7 nitrogen and oxygen atoms in total. The first kappa shape index (κ1) is 20.6. The Morgan fingerprint density at radius 3 is 2.48 bits per heavy atom. The number of benzene rings is 3. The summed E-state index contributed by atoms with van der Waals surface area (Å²) >= 11 is 5.30. The van der Waals surface area contributed by atoms with Gasteiger partial charge in [-0.25, -0.2) is 9.97 Å². The summed E-state index contributed by atoms with van der Waals surface area (Å²) in [6.07, 6.45) is 1.63. The van der Waals surface area contributed by atoms with E-state index in [0.717, 1.165) is 21.9 Å². The molecule has 0 bridgehead atoms. The van der Waals surface area contributed by atoms with Gasteiger partial charge in [-0.05, 0) is 59.4 Å². The Kier molecular flexibility index (Phi) is 5.42. The molecule has 0 aliphatic rings. The third-order valence-electron chi connectivity index (χ3n) is 5.09. The third-order valence-corrected chi connectivity index (χ3v) is 5.29. The summed E-state index contributed by atoms with van der Waals surface area (Å²) in [5, 5.41) is 7.63. The summed E-state index contributed by atoms with van der Waals surface area (Å²) in [5.41, 5.74) is 2.61. The van der Waals surface area contributed by atoms with E-state index in [1.54, 1.807) is 18.3 Å². The minimum atomic E-state index is -0.377. The number of amides is 1. The maximum absolute atomic E-state index is 12.8. The number of methoxy groups -OCH3 is 1. The number of hydrogen-bond donors (Lipinski definition) is 2. The molecule has 8 heteroatoms. The van der Waals surface area contributed by atoms with Crippen molar-refractivity contribution in [3.8, 4) is 17.2 Å². The molecule has 2 N–H and O–H groups in total. The molecule has 0 radical (unpaired) electrons. The smallest absolute Gasteiger partial charge is 0.261 e. The first-order valence-corrected chi connectivity index (χ1v) is 10.5. The van der Waals surface area contributed by atoms with Gasteiger partial charge in [0.1, 0.15) is 17.1 Å². The van der Waals surface area contributed by atoms with Crippen LogP contribution in [0.1, 0.15) is 10.4 Å². The van der Waals surface area contributed by atoms with Gasteiger partial charge in [0, 0.05) is 6.20 Å². The zero-order valence-electron chi connectivity index (χ0n) is 17.5. The number of oxazole rings is 1. The number of carbonyl (C=O) groups excluding carboxylic acids is 1. The number of anilines is 1. The number of nitrogens with one attached hydrogen (secondary N) is 2. The second-order valence-electron chi connectivity index (χ2n) is 7.23. The van der Waals surface area contributed by atoms with E-state index in [-0.39, 0.29) is 11.0 Å². The van der Waals surface area contributed by atoms with Crippen molar-refractivity contribution in [2.75, 3.05) is 12.4 Å². The molecular formula is C25H18N4O3S. The van der Waals surface area contributed by atoms with Crippen molar-refractivity contribution in [2.45, 2.75) is 0 Å². The molecule has 0 unspecified atom stereocenters. The molecule has 0 spiro atoms. The SMILES string of the molecule is COc1cc2ccccc2cc1C(=O)NC(=S)Nc1ccc(-c2nc3ccccc3o2)cn1. The van der Waals surface area contributed by atoms with E-state index in [0.29, 0.717) is 28.6 Å². The van der Waals surface area contributed by atoms with Crippen molar-refractivity contribution in [2.24, 2.45) is 0 Å². The second kappa shape index (κ2) is 8.68. The van der Waals surface area contributed by atoms with Crippen molar-refractivity contribution in [3.63, 3.8) is 0 Å². The topological polar surface area (TPSA) is 89.3 Å². The van der Waals surface area contributed by atoms with Gasteiger partial charge in [-0.15, -0.1) is 0 Å². The fraction of sp³-hybridized carbons (Fsp3) is 0.0400. The molecule has 1 amide bonds. The summed E-state index contributed by atoms with van der Waals surface area (Å²) in [5.74, 6) is 1.05. The van der Waals surface area contributed by atoms with Crippen LogP contribution in [0, 0.1) is 0 Å². The standard InChI is InChI=1S/C25H18N4O3S/c1-31-21-13-16-7-3-2-6-15(16)12-18(21)23(30)29-25(33)28-22-11-10-17(14-26-22)24-27-19-8-4-5-9-20(19)32-24/h2-14H,1H3,(H2,26,28,29,30,33). The van der Waals surface area contributed by atoms with Gasteiger partial charge in [0.25, 0.3) is 5.91 Å². The van der Waals surface area contributed by atoms with Gasteiger partial charge in [-0.3, -0.25) is 10.1 Å². The quantitative estimate of drug-likeness (QED) is 0.362. The van der Waals surface area contributed by atoms with Gasteiger partial charge in [-0.2, -0.15) is 0 Å². The van der Waals surface area contributed by atoms with Gasteiger partial charge in [0.2, 0.25) is 5.89 Å². The van der Waals surface area contributed by atoms with E-state index in [1.165, 1.54) is 7.11 Å². The number of pyridine rings is 1. The highest BCUT2D eigenvalue weighted by Gasteiger charge is 2.15. The molecular weight excluding hydrogens is 436 g/mol. The number of thiocarbonyl (C=S) groups is 1. The van der Waals surface area contributed by atoms with E-state index >= 15 is 0 Å². The molecule has 162 valence electrons. The number of nitrogens with zero attached hydrogens (tertiary/aromatic N) is 2. The predicted octanol–water partition coefficient (Wildman–Crippen LogP) is 5.18. The lowest BCUT2D eigenvalue weighted by Gasteiger charge is -2.12. The molecule has 0 aliphatic carbocycles. The minimum absolute atomic E-state index is 0.123. The monoisotopic (exact) mass is 454 g/mol. The average molecular weight is 455 g/mol. The molecule has 5 rings (SSSR count). The average Bonchev–Trinajstić information content (AvgIpc) is 3.28. The lowest BCUT2D eigenvalue weighted by molar-refractivity contribution is 0.0975. The van der Waals surface area contributed by atoms with Crippen LogP contribution in [0.25, 0.3) is 33.3 Å². The van der Waals surface area contributed by atoms with Gasteiger partial charge >= 0.3 is 0 Å². The summed E-state index contributed by atoms with van der Waals surface area (Å²) in [6, 6.07) is 22.4. The van der Waals surface area contributed by atoms with Crippen LogP contribution in [0.4, 0.5) is 5.82 Å². The Morgan fingerprint density at radius 2 is 1.76 bits per heavy atom. The number of aromatic nitrogens is 2. The first-order chi connectivity index (χ1) is 16.1. The summed E-state index contributed by atoms with van der Waals surface area (Å²) in [4.78, 5) is 21.6. The minimum Gasteiger partial charge on any atom is -0.496 e. The highest BCUT2D eigenvalue weighted by molar-refractivity contribution is 7.80. The van der Waals surface area contributed by atoms with Crippen LogP contribution in [0.15, 0.2) is 83.4 Å². The Labute approximate surface area is 194 Å². The normalized spacial score (nSPS) is 10.8. The van der Waals surface area contributed by atoms with Crippen molar-refractivity contribution in [1.29, 1.82) is 0 Å². The lowest BCUT2D eigenvalue weighted by atomic mass is 10.1. The van der Waals surface area contributed by atoms with Gasteiger partial charge in [0.15, 0.2) is 10.7 Å². The molecule has 3 aromatic carbocycles. The van der Waals surface area contributed by atoms with E-state index in [4.69, 9.17) is 21.4 Å². The lowest BCUT2D eigenvalue weighted by Crippen LogP contribution is -2.34. The molecule has 2 aromatic heterocycles. The highest BCUT2D eigenvalue weighted by atomic mass is 32.1. The number of hydrogen-bond acceptors (Lipinski definition) is 6. The van der Waals surface area contributed by atoms with Gasteiger partial charge in [-0.1, -0.05) is 36.4 Å². The van der Waals surface area contributed by atoms with E-state index in [9.17, 15) is 4.79 Å². The highest BCUT2D eigenvalue weighted by Crippen LogP contribution is 2.26. The molecule has 0 fully saturated rings. The van der Waals surface area contributed by atoms with Crippen molar-refractivity contribution >= 4 is 50.9 Å². The zero-order chi connectivity index (χ0) is 22.8. The van der Waals surface area contributed by atoms with Crippen LogP contribution in [-0.2, 0) is 0 Å². The number of fused-ring (bicyclic) bond motifs is 2. The Morgan fingerprint density at radius 1 is 1.00 bits per heavy atom. The van der Waals surface area contributed by atoms with Crippen LogP contribution in [0.2, 0.25) is 0 Å². The van der Waals surface area contributed by atoms with Gasteiger partial charge in [0.05, 0.1) is 18.2 Å². The largest absolute Gasteiger partial charge is 0.496 e. The Balaban J connectivity index is 1.29. The van der Waals surface area contributed by atoms with Crippen LogP contribution in [0.3, 0.4) is 0 Å². The van der Waals surface area contributed by atoms with E-state index < -0.39 is 0 Å². The first-order valence-electron chi connectivity index (χ1n) is 10.1. The molecule has 0 saturated heterocycles. The van der Waals surface area contributed by atoms with Crippen molar-refractivity contribution in [1.82, 2.24) is 15.3 Å². The zero-order valence-corrected chi connectivity index (χ0v) is 18.3. The van der Waals surface area contributed by atoms with Gasteiger partial charge < -0.3 is 14.5 Å². The maximum Gasteiger partial charge on any atom is 0.261 e. The fourth-order valence-corrected chi connectivity index (χ4v) is 3.67. The van der Waals surface area contributed by atoms with Crippen molar-refractivity contribution in [3.05, 3.63) is 84.6 Å². The second-order valence-corrected chi connectivity index (χ2v) is 7.63. The number of rotatable bonds is 4. The van der Waals surface area contributed by atoms with E-state index in [1.807, 2.05) is 60.7 Å². The predicted molar refractivity (Wildman–Crippen MR) is 131 cm³/mol. The molecule has 33 heavy (non-hydrogen) atoms. The maximum atomic E-state index is 12.8. The Hall–Kier alpha value is -4.30. The van der Waals surface area contributed by atoms with Crippen LogP contribution < -0.4 is 15.4 Å². The number of ether oxygens (including phenoxy) is 1. The fourth-order valence-electron chi connectivity index (χ4n) is 3.47. The molecule has 2 heterocycles. The summed E-state index contributed by atoms with van der Waals surface area (Å²) in [6.45, 7) is 0. The summed E-state index contributed by atoms with van der Waals surface area (Å²) < 4.78 is 11.2. The number of para-hydroxylation sites is 2. The molecule has 5 aromatic rings. The van der Waals surface area contributed by atoms with E-state index in [2.05, 4.69) is 20.6 Å². The van der Waals surface area contributed by atoms with Crippen molar-refractivity contribution < 1.29 is 13.9 Å². The molecule has 0 saturated carbocycles. The van der Waals surface area contributed by atoms with Crippen LogP contribution in [-0.4, -0.2) is 28.1 Å². The Bertz CT molecular complexity index is 1460. The number of carbonyl (C=O) groups is 1. The third kappa shape index (κ3) is 4.24. The van der Waals surface area contributed by atoms with Crippen LogP contribution in [0.5, 0.6) is 5.75 Å². The molecule has 0 aliphatic heterocycles.